The van der Waals surface area contributed by atoms with E-state index in [2.05, 4.69) is 58.2 Å². The van der Waals surface area contributed by atoms with E-state index in [-0.39, 0.29) is 6.04 Å². The fourth-order valence-electron chi connectivity index (χ4n) is 6.21. The smallest absolute Gasteiger partial charge is 0.106 e. The quantitative estimate of drug-likeness (QED) is 0.285. The third kappa shape index (κ3) is 4.06. The van der Waals surface area contributed by atoms with E-state index in [1.54, 1.807) is 11.3 Å². The Morgan fingerprint density at radius 3 is 2.55 bits per heavy atom. The van der Waals surface area contributed by atoms with Gasteiger partial charge in [0.05, 0.1) is 38.8 Å². The van der Waals surface area contributed by atoms with E-state index in [9.17, 15) is 5.11 Å². The van der Waals surface area contributed by atoms with Gasteiger partial charge in [-0.2, -0.15) is 0 Å². The van der Waals surface area contributed by atoms with Crippen LogP contribution in [0.2, 0.25) is 0 Å². The van der Waals surface area contributed by atoms with Crippen LogP contribution in [0.5, 0.6) is 0 Å². The van der Waals surface area contributed by atoms with Crippen LogP contribution in [0, 0.1) is 12.8 Å². The van der Waals surface area contributed by atoms with E-state index in [4.69, 9.17) is 9.72 Å². The van der Waals surface area contributed by atoms with E-state index in [0.29, 0.717) is 5.92 Å². The molecule has 1 aliphatic rings. The first kappa shape index (κ1) is 25.2. The molecule has 1 fully saturated rings. The second-order valence-electron chi connectivity index (χ2n) is 10.9. The molecular weight excluding hydrogens is 494 g/mol. The Bertz CT molecular complexity index is 1580. The lowest BCUT2D eigenvalue weighted by Gasteiger charge is -2.33. The van der Waals surface area contributed by atoms with E-state index >= 15 is 0 Å². The molecule has 5 aromatic rings. The summed E-state index contributed by atoms with van der Waals surface area (Å²) in [4.78, 5) is 6.10. The van der Waals surface area contributed by atoms with E-state index < -0.39 is 5.60 Å². The second-order valence-corrected chi connectivity index (χ2v) is 11.9. The summed E-state index contributed by atoms with van der Waals surface area (Å²) < 4.78 is 11.3. The van der Waals surface area contributed by atoms with Gasteiger partial charge in [0.25, 0.3) is 0 Å². The third-order valence-electron chi connectivity index (χ3n) is 7.87. The number of benzene rings is 1. The van der Waals surface area contributed by atoms with Crippen LogP contribution >= 0.6 is 11.3 Å². The summed E-state index contributed by atoms with van der Waals surface area (Å²) in [5.74, 6) is 0.420. The molecule has 0 spiro atoms. The molecule has 0 radical (unpaired) electrons. The van der Waals surface area contributed by atoms with Gasteiger partial charge in [-0.05, 0) is 63.1 Å². The molecule has 38 heavy (non-hydrogen) atoms. The molecule has 1 aliphatic heterocycles. The summed E-state index contributed by atoms with van der Waals surface area (Å²) in [5, 5.41) is 19.7. The predicted octanol–water partition coefficient (Wildman–Crippen LogP) is 6.16. The number of thiophene rings is 1. The molecule has 5 heterocycles. The number of ether oxygens (including phenoxy) is 1. The standard InChI is InChI=1S/C30H35N5O2S/c1-6-22-27-28(38-29(22)30(3,4)36)24-23(16-21(17-31-24)25-18(2)32-33-34(25)5)35(27)26(19-10-8-7-9-11-19)20-12-14-37-15-13-20/h7-11,16-17,20,26,36H,6,12-15H2,1-5H3/t26-/m1/s1. The molecule has 1 atom stereocenters. The summed E-state index contributed by atoms with van der Waals surface area (Å²) >= 11 is 1.69. The Labute approximate surface area is 227 Å². The van der Waals surface area contributed by atoms with Gasteiger partial charge in [-0.1, -0.05) is 42.5 Å². The number of pyridine rings is 1. The molecule has 6 rings (SSSR count). The minimum absolute atomic E-state index is 0.123. The van der Waals surface area contributed by atoms with Gasteiger partial charge in [-0.3, -0.25) is 4.98 Å². The number of hydrogen-bond donors (Lipinski definition) is 1. The van der Waals surface area contributed by atoms with Gasteiger partial charge < -0.3 is 14.4 Å². The van der Waals surface area contributed by atoms with Crippen molar-refractivity contribution in [3.05, 3.63) is 64.3 Å². The highest BCUT2D eigenvalue weighted by Gasteiger charge is 2.34. The highest BCUT2D eigenvalue weighted by molar-refractivity contribution is 7.20. The number of hydrogen-bond acceptors (Lipinski definition) is 6. The molecule has 0 saturated carbocycles. The van der Waals surface area contributed by atoms with Gasteiger partial charge in [-0.15, -0.1) is 16.4 Å². The van der Waals surface area contributed by atoms with Gasteiger partial charge in [0.2, 0.25) is 0 Å². The zero-order valence-electron chi connectivity index (χ0n) is 22.7. The van der Waals surface area contributed by atoms with Crippen molar-refractivity contribution in [1.29, 1.82) is 0 Å². The number of fused-ring (bicyclic) bond motifs is 3. The second kappa shape index (κ2) is 9.59. The number of aliphatic hydroxyl groups is 1. The van der Waals surface area contributed by atoms with Crippen LogP contribution in [0.15, 0.2) is 42.6 Å². The Balaban J connectivity index is 1.72. The van der Waals surface area contributed by atoms with Crippen LogP contribution in [-0.2, 0) is 23.8 Å². The summed E-state index contributed by atoms with van der Waals surface area (Å²) in [5.41, 5.74) is 7.75. The molecule has 0 unspecified atom stereocenters. The minimum atomic E-state index is -0.926. The zero-order valence-corrected chi connectivity index (χ0v) is 23.5. The lowest BCUT2D eigenvalue weighted by atomic mass is 9.86. The van der Waals surface area contributed by atoms with Gasteiger partial charge in [0, 0.05) is 36.9 Å². The summed E-state index contributed by atoms with van der Waals surface area (Å²) in [6.07, 6.45) is 4.78. The maximum absolute atomic E-state index is 11.2. The van der Waals surface area contributed by atoms with Gasteiger partial charge >= 0.3 is 0 Å². The minimum Gasteiger partial charge on any atom is -0.385 e. The Morgan fingerprint density at radius 1 is 1.18 bits per heavy atom. The van der Waals surface area contributed by atoms with Gasteiger partial charge in [0.15, 0.2) is 0 Å². The molecule has 1 saturated heterocycles. The monoisotopic (exact) mass is 529 g/mol. The number of nitrogens with zero attached hydrogens (tertiary/aromatic N) is 5. The van der Waals surface area contributed by atoms with Crippen LogP contribution in [-0.4, -0.2) is 42.9 Å². The third-order valence-corrected chi connectivity index (χ3v) is 9.41. The Kier molecular flexibility index (Phi) is 6.37. The van der Waals surface area contributed by atoms with Crippen molar-refractivity contribution < 1.29 is 9.84 Å². The maximum Gasteiger partial charge on any atom is 0.106 e. The molecule has 1 aromatic carbocycles. The Hall–Kier alpha value is -3.07. The molecular formula is C30H35N5O2S. The number of rotatable bonds is 6. The Morgan fingerprint density at radius 2 is 1.92 bits per heavy atom. The van der Waals surface area contributed by atoms with Crippen LogP contribution in [0.1, 0.15) is 61.4 Å². The molecule has 7 nitrogen and oxygen atoms in total. The first-order chi connectivity index (χ1) is 18.3. The van der Waals surface area contributed by atoms with Crippen molar-refractivity contribution >= 4 is 32.6 Å². The number of aromatic nitrogens is 5. The van der Waals surface area contributed by atoms with Crippen molar-refractivity contribution in [2.24, 2.45) is 13.0 Å². The van der Waals surface area contributed by atoms with Crippen molar-refractivity contribution in [2.45, 2.75) is 58.6 Å². The van der Waals surface area contributed by atoms with Crippen molar-refractivity contribution in [3.63, 3.8) is 0 Å². The zero-order chi connectivity index (χ0) is 26.6. The average molecular weight is 530 g/mol. The highest BCUT2D eigenvalue weighted by Crippen LogP contribution is 2.47. The lowest BCUT2D eigenvalue weighted by molar-refractivity contribution is 0.0552. The first-order valence-electron chi connectivity index (χ1n) is 13.5. The molecule has 198 valence electrons. The molecule has 1 N–H and O–H groups in total. The van der Waals surface area contributed by atoms with E-state index in [1.165, 1.54) is 16.6 Å². The summed E-state index contributed by atoms with van der Waals surface area (Å²) in [7, 11) is 1.93. The largest absolute Gasteiger partial charge is 0.385 e. The van der Waals surface area contributed by atoms with Gasteiger partial charge in [-0.25, -0.2) is 4.68 Å². The van der Waals surface area contributed by atoms with E-state index in [0.717, 1.165) is 70.0 Å². The topological polar surface area (TPSA) is 78.0 Å². The summed E-state index contributed by atoms with van der Waals surface area (Å²) in [6.45, 7) is 9.51. The van der Waals surface area contributed by atoms with Crippen LogP contribution < -0.4 is 0 Å². The van der Waals surface area contributed by atoms with Crippen LogP contribution in [0.3, 0.4) is 0 Å². The average Bonchev–Trinajstić information content (AvgIpc) is 3.56. The SMILES string of the molecule is CCc1c(C(C)(C)O)sc2c3ncc(-c4c(C)nnn4C)cc3n([C@H](c3ccccc3)C3CCOCC3)c12. The van der Waals surface area contributed by atoms with E-state index in [1.807, 2.05) is 38.7 Å². The molecule has 0 aliphatic carbocycles. The van der Waals surface area contributed by atoms with Crippen molar-refractivity contribution in [3.8, 4) is 11.3 Å². The number of aryl methyl sites for hydroxylation is 3. The summed E-state index contributed by atoms with van der Waals surface area (Å²) in [6, 6.07) is 13.2. The normalized spacial score (nSPS) is 16.1. The van der Waals surface area contributed by atoms with Crippen molar-refractivity contribution in [2.75, 3.05) is 13.2 Å². The fraction of sp³-hybridized carbons (Fsp3) is 0.433. The van der Waals surface area contributed by atoms with Crippen LogP contribution in [0.4, 0.5) is 0 Å². The molecule has 4 aromatic heterocycles. The van der Waals surface area contributed by atoms with Crippen LogP contribution in [0.25, 0.3) is 32.5 Å². The highest BCUT2D eigenvalue weighted by atomic mass is 32.1. The fourth-order valence-corrected chi connectivity index (χ4v) is 7.60. The maximum atomic E-state index is 11.2. The first-order valence-corrected chi connectivity index (χ1v) is 14.3. The molecule has 0 bridgehead atoms. The van der Waals surface area contributed by atoms with Crippen molar-refractivity contribution in [1.82, 2.24) is 24.5 Å². The molecule has 8 heteroatoms. The molecule has 0 amide bonds. The lowest BCUT2D eigenvalue weighted by Crippen LogP contribution is -2.27. The predicted molar refractivity (Wildman–Crippen MR) is 153 cm³/mol. The van der Waals surface area contributed by atoms with Gasteiger partial charge in [0.1, 0.15) is 5.52 Å².